The highest BCUT2D eigenvalue weighted by molar-refractivity contribution is 7.89. The minimum absolute atomic E-state index is 0.104. The second kappa shape index (κ2) is 9.06. The van der Waals surface area contributed by atoms with Gasteiger partial charge in [0.1, 0.15) is 11.5 Å². The molecular weight excluding hydrogens is 394 g/mol. The van der Waals surface area contributed by atoms with E-state index in [1.807, 2.05) is 0 Å². The molecule has 0 spiro atoms. The van der Waals surface area contributed by atoms with Crippen molar-refractivity contribution in [2.45, 2.75) is 17.7 Å². The van der Waals surface area contributed by atoms with Crippen LogP contribution in [0.1, 0.15) is 28.8 Å². The van der Waals surface area contributed by atoms with Crippen molar-refractivity contribution in [2.75, 3.05) is 27.3 Å². The molecule has 29 heavy (non-hydrogen) atoms. The third-order valence-electron chi connectivity index (χ3n) is 4.61. The van der Waals surface area contributed by atoms with Gasteiger partial charge in [0.25, 0.3) is 5.91 Å². The lowest BCUT2D eigenvalue weighted by atomic mass is 10.2. The Morgan fingerprint density at radius 2 is 1.86 bits per heavy atom. The van der Waals surface area contributed by atoms with Crippen molar-refractivity contribution in [1.29, 1.82) is 0 Å². The van der Waals surface area contributed by atoms with E-state index < -0.39 is 15.9 Å². The smallest absolute Gasteiger partial charge is 0.271 e. The Morgan fingerprint density at radius 3 is 2.55 bits per heavy atom. The normalized spacial score (nSPS) is 14.8. The number of benzene rings is 2. The first kappa shape index (κ1) is 20.8. The number of hydrogen-bond donors (Lipinski definition) is 1. The average Bonchev–Trinajstić information content (AvgIpc) is 3.29. The van der Waals surface area contributed by atoms with Crippen LogP contribution in [0.2, 0.25) is 0 Å². The molecule has 1 amide bonds. The molecule has 0 radical (unpaired) electrons. The van der Waals surface area contributed by atoms with Crippen LogP contribution in [-0.4, -0.2) is 52.2 Å². The molecule has 3 rings (SSSR count). The first-order valence-corrected chi connectivity index (χ1v) is 10.6. The number of methoxy groups -OCH3 is 2. The van der Waals surface area contributed by atoms with Crippen molar-refractivity contribution in [1.82, 2.24) is 9.73 Å². The van der Waals surface area contributed by atoms with Crippen molar-refractivity contribution in [3.05, 3.63) is 53.6 Å². The predicted octanol–water partition coefficient (Wildman–Crippen LogP) is 2.25. The maximum atomic E-state index is 12.7. The molecule has 1 N–H and O–H groups in total. The molecule has 1 aliphatic rings. The summed E-state index contributed by atoms with van der Waals surface area (Å²) in [6, 6.07) is 11.2. The zero-order valence-corrected chi connectivity index (χ0v) is 17.1. The molecular formula is C20H23N3O5S. The summed E-state index contributed by atoms with van der Waals surface area (Å²) in [6.45, 7) is 1.01. The van der Waals surface area contributed by atoms with Gasteiger partial charge in [0.15, 0.2) is 0 Å². The van der Waals surface area contributed by atoms with E-state index in [0.717, 1.165) is 12.8 Å². The molecule has 2 aromatic carbocycles. The number of amides is 1. The van der Waals surface area contributed by atoms with Gasteiger partial charge in [0, 0.05) is 30.3 Å². The van der Waals surface area contributed by atoms with Gasteiger partial charge >= 0.3 is 0 Å². The van der Waals surface area contributed by atoms with Crippen LogP contribution in [0.3, 0.4) is 0 Å². The predicted molar refractivity (Wildman–Crippen MR) is 109 cm³/mol. The highest BCUT2D eigenvalue weighted by Gasteiger charge is 2.27. The number of hydrogen-bond acceptors (Lipinski definition) is 6. The van der Waals surface area contributed by atoms with Gasteiger partial charge < -0.3 is 9.47 Å². The summed E-state index contributed by atoms with van der Waals surface area (Å²) in [7, 11) is -0.506. The van der Waals surface area contributed by atoms with E-state index in [9.17, 15) is 13.2 Å². The van der Waals surface area contributed by atoms with Gasteiger partial charge in [-0.25, -0.2) is 13.8 Å². The molecule has 0 saturated carbocycles. The van der Waals surface area contributed by atoms with Crippen molar-refractivity contribution in [3.8, 4) is 11.5 Å². The second-order valence-electron chi connectivity index (χ2n) is 6.45. The molecule has 0 unspecified atom stereocenters. The fourth-order valence-corrected chi connectivity index (χ4v) is 4.59. The Hall–Kier alpha value is -2.91. The Morgan fingerprint density at radius 1 is 1.10 bits per heavy atom. The molecule has 0 aliphatic carbocycles. The van der Waals surface area contributed by atoms with Gasteiger partial charge in [-0.05, 0) is 43.2 Å². The van der Waals surface area contributed by atoms with Gasteiger partial charge in [0.2, 0.25) is 10.0 Å². The molecule has 1 saturated heterocycles. The Bertz CT molecular complexity index is 1010. The summed E-state index contributed by atoms with van der Waals surface area (Å²) in [5.74, 6) is 0.673. The van der Waals surface area contributed by atoms with Gasteiger partial charge in [-0.15, -0.1) is 0 Å². The fraction of sp³-hybridized carbons (Fsp3) is 0.300. The van der Waals surface area contributed by atoms with Crippen LogP contribution >= 0.6 is 0 Å². The zero-order valence-electron chi connectivity index (χ0n) is 16.3. The maximum Gasteiger partial charge on any atom is 0.271 e. The topological polar surface area (TPSA) is 97.3 Å². The number of rotatable bonds is 7. The monoisotopic (exact) mass is 417 g/mol. The van der Waals surface area contributed by atoms with Crippen LogP contribution in [0.4, 0.5) is 0 Å². The highest BCUT2D eigenvalue weighted by Crippen LogP contribution is 2.23. The van der Waals surface area contributed by atoms with E-state index in [2.05, 4.69) is 10.5 Å². The fourth-order valence-electron chi connectivity index (χ4n) is 3.03. The van der Waals surface area contributed by atoms with E-state index in [1.54, 1.807) is 37.4 Å². The summed E-state index contributed by atoms with van der Waals surface area (Å²) in [5.41, 5.74) is 3.27. The molecule has 8 nitrogen and oxygen atoms in total. The quantitative estimate of drug-likeness (QED) is 0.551. The first-order valence-electron chi connectivity index (χ1n) is 9.11. The first-order chi connectivity index (χ1) is 14.0. The molecule has 1 heterocycles. The summed E-state index contributed by atoms with van der Waals surface area (Å²) < 4.78 is 37.2. The van der Waals surface area contributed by atoms with Gasteiger partial charge in [-0.3, -0.25) is 4.79 Å². The lowest BCUT2D eigenvalue weighted by molar-refractivity contribution is 0.0955. The van der Waals surface area contributed by atoms with E-state index in [1.165, 1.54) is 29.8 Å². The van der Waals surface area contributed by atoms with Crippen LogP contribution in [0, 0.1) is 0 Å². The van der Waals surface area contributed by atoms with Crippen LogP contribution in [-0.2, 0) is 10.0 Å². The Balaban J connectivity index is 1.72. The zero-order chi connectivity index (χ0) is 20.9. The number of carbonyl (C=O) groups is 1. The number of carbonyl (C=O) groups excluding carboxylic acids is 1. The van der Waals surface area contributed by atoms with Crippen LogP contribution in [0.5, 0.6) is 11.5 Å². The summed E-state index contributed by atoms with van der Waals surface area (Å²) in [4.78, 5) is 12.5. The van der Waals surface area contributed by atoms with Crippen molar-refractivity contribution in [2.24, 2.45) is 5.10 Å². The number of nitrogens with one attached hydrogen (secondary N) is 1. The number of nitrogens with zero attached hydrogens (tertiary/aromatic N) is 2. The highest BCUT2D eigenvalue weighted by atomic mass is 32.2. The minimum Gasteiger partial charge on any atom is -0.497 e. The summed E-state index contributed by atoms with van der Waals surface area (Å²) >= 11 is 0. The summed E-state index contributed by atoms with van der Waals surface area (Å²) in [6.07, 6.45) is 3.15. The van der Waals surface area contributed by atoms with Crippen molar-refractivity contribution >= 4 is 22.1 Å². The molecule has 0 bridgehead atoms. The molecule has 0 atom stereocenters. The van der Waals surface area contributed by atoms with Crippen LogP contribution in [0.25, 0.3) is 0 Å². The third kappa shape index (κ3) is 4.75. The SMILES string of the molecule is COc1ccc(/C=N/NC(=O)c2cccc(S(=O)(=O)N3CCCC3)c2)c(OC)c1. The van der Waals surface area contributed by atoms with Crippen molar-refractivity contribution in [3.63, 3.8) is 0 Å². The molecule has 1 aliphatic heterocycles. The third-order valence-corrected chi connectivity index (χ3v) is 6.50. The minimum atomic E-state index is -3.59. The van der Waals surface area contributed by atoms with Crippen LogP contribution < -0.4 is 14.9 Å². The average molecular weight is 417 g/mol. The molecule has 154 valence electrons. The van der Waals surface area contributed by atoms with Crippen LogP contribution in [0.15, 0.2) is 52.5 Å². The van der Waals surface area contributed by atoms with E-state index in [4.69, 9.17) is 9.47 Å². The largest absolute Gasteiger partial charge is 0.497 e. The molecule has 9 heteroatoms. The van der Waals surface area contributed by atoms with Crippen molar-refractivity contribution < 1.29 is 22.7 Å². The maximum absolute atomic E-state index is 12.7. The molecule has 0 aromatic heterocycles. The Kier molecular flexibility index (Phi) is 6.50. The standard InChI is InChI=1S/C20H23N3O5S/c1-27-17-9-8-16(19(13-17)28-2)14-21-22-20(24)15-6-5-7-18(12-15)29(25,26)23-10-3-4-11-23/h5-9,12-14H,3-4,10-11H2,1-2H3,(H,22,24)/b21-14+. The number of ether oxygens (including phenoxy) is 2. The van der Waals surface area contributed by atoms with Gasteiger partial charge in [-0.1, -0.05) is 6.07 Å². The lowest BCUT2D eigenvalue weighted by Crippen LogP contribution is -2.28. The number of hydrazone groups is 1. The van der Waals surface area contributed by atoms with E-state index in [0.29, 0.717) is 30.2 Å². The summed E-state index contributed by atoms with van der Waals surface area (Å²) in [5, 5.41) is 3.95. The molecule has 1 fully saturated rings. The second-order valence-corrected chi connectivity index (χ2v) is 8.38. The number of sulfonamides is 1. The Labute approximate surface area is 170 Å². The molecule has 2 aromatic rings. The van der Waals surface area contributed by atoms with Gasteiger partial charge in [0.05, 0.1) is 25.3 Å². The lowest BCUT2D eigenvalue weighted by Gasteiger charge is -2.15. The van der Waals surface area contributed by atoms with E-state index in [-0.39, 0.29) is 10.5 Å². The van der Waals surface area contributed by atoms with E-state index >= 15 is 0 Å². The van der Waals surface area contributed by atoms with Gasteiger partial charge in [-0.2, -0.15) is 9.41 Å².